The predicted octanol–water partition coefficient (Wildman–Crippen LogP) is 2.42. The molecule has 3 heterocycles. The van der Waals surface area contributed by atoms with Crippen LogP contribution in [0.25, 0.3) is 4.96 Å². The molecule has 1 fully saturated rings. The first-order chi connectivity index (χ1) is 12.8. The van der Waals surface area contributed by atoms with Gasteiger partial charge in [-0.2, -0.15) is 0 Å². The van der Waals surface area contributed by atoms with E-state index >= 15 is 0 Å². The predicted molar refractivity (Wildman–Crippen MR) is 102 cm³/mol. The second kappa shape index (κ2) is 8.03. The molecule has 1 N–H and O–H groups in total. The van der Waals surface area contributed by atoms with Gasteiger partial charge >= 0.3 is 0 Å². The molecule has 0 amide bonds. The van der Waals surface area contributed by atoms with E-state index in [0.717, 1.165) is 59.9 Å². The van der Waals surface area contributed by atoms with Crippen molar-refractivity contribution in [2.24, 2.45) is 0 Å². The van der Waals surface area contributed by atoms with Crippen molar-refractivity contribution in [1.29, 1.82) is 0 Å². The average molecular weight is 373 g/mol. The summed E-state index contributed by atoms with van der Waals surface area (Å²) in [4.78, 5) is 7.70. The Kier molecular flexibility index (Phi) is 5.33. The topological polar surface area (TPSA) is 63.9 Å². The summed E-state index contributed by atoms with van der Waals surface area (Å²) in [6.07, 6.45) is 1.93. The molecule has 2 aromatic heterocycles. The summed E-state index contributed by atoms with van der Waals surface area (Å²) >= 11 is 1.55. The zero-order valence-corrected chi connectivity index (χ0v) is 15.7. The zero-order valence-electron chi connectivity index (χ0n) is 14.9. The SMILES string of the molecule is Cc1cn2nc(NCc3cccc(OCCN4CCOCC4)c3)sc2n1. The highest BCUT2D eigenvalue weighted by Crippen LogP contribution is 2.20. The van der Waals surface area contributed by atoms with E-state index in [4.69, 9.17) is 9.47 Å². The first-order valence-electron chi connectivity index (χ1n) is 8.85. The Labute approximate surface area is 156 Å². The summed E-state index contributed by atoms with van der Waals surface area (Å²) in [5, 5.41) is 8.71. The number of rotatable bonds is 7. The van der Waals surface area contributed by atoms with Gasteiger partial charge in [-0.05, 0) is 24.6 Å². The van der Waals surface area contributed by atoms with Gasteiger partial charge in [-0.3, -0.25) is 4.90 Å². The minimum absolute atomic E-state index is 0.694. The molecule has 0 unspecified atom stereocenters. The summed E-state index contributed by atoms with van der Waals surface area (Å²) in [6.45, 7) is 7.93. The van der Waals surface area contributed by atoms with Crippen LogP contribution in [0.4, 0.5) is 5.13 Å². The van der Waals surface area contributed by atoms with Crippen LogP contribution in [0.5, 0.6) is 5.75 Å². The molecular formula is C18H23N5O2S. The molecule has 1 aliphatic rings. The highest BCUT2D eigenvalue weighted by atomic mass is 32.1. The van der Waals surface area contributed by atoms with Crippen molar-refractivity contribution < 1.29 is 9.47 Å². The molecule has 3 aromatic rings. The second-order valence-electron chi connectivity index (χ2n) is 6.32. The quantitative estimate of drug-likeness (QED) is 0.686. The largest absolute Gasteiger partial charge is 0.492 e. The third kappa shape index (κ3) is 4.32. The van der Waals surface area contributed by atoms with Gasteiger partial charge in [0.1, 0.15) is 12.4 Å². The molecule has 1 aromatic carbocycles. The van der Waals surface area contributed by atoms with Gasteiger partial charge in [0.05, 0.1) is 25.1 Å². The monoisotopic (exact) mass is 373 g/mol. The highest BCUT2D eigenvalue weighted by Gasteiger charge is 2.10. The van der Waals surface area contributed by atoms with Crippen molar-refractivity contribution in [3.8, 4) is 5.75 Å². The third-order valence-electron chi connectivity index (χ3n) is 4.29. The fraction of sp³-hybridized carbons (Fsp3) is 0.444. The van der Waals surface area contributed by atoms with Crippen LogP contribution in [0.3, 0.4) is 0 Å². The molecule has 8 heteroatoms. The van der Waals surface area contributed by atoms with Gasteiger partial charge in [-0.25, -0.2) is 9.50 Å². The Morgan fingerprint density at radius 3 is 3.04 bits per heavy atom. The minimum atomic E-state index is 0.694. The number of hydrogen-bond donors (Lipinski definition) is 1. The molecule has 0 saturated carbocycles. The minimum Gasteiger partial charge on any atom is -0.492 e. The number of benzene rings is 1. The van der Waals surface area contributed by atoms with Crippen LogP contribution in [0.2, 0.25) is 0 Å². The Bertz CT molecular complexity index is 825. The van der Waals surface area contributed by atoms with Gasteiger partial charge in [0.2, 0.25) is 10.1 Å². The summed E-state index contributed by atoms with van der Waals surface area (Å²) < 4.78 is 13.1. The number of imidazole rings is 1. The van der Waals surface area contributed by atoms with E-state index in [1.54, 1.807) is 11.3 Å². The number of nitrogens with one attached hydrogen (secondary N) is 1. The lowest BCUT2D eigenvalue weighted by Gasteiger charge is -2.26. The number of morpholine rings is 1. The molecule has 0 atom stereocenters. The second-order valence-corrected chi connectivity index (χ2v) is 7.28. The van der Waals surface area contributed by atoms with E-state index in [1.807, 2.05) is 29.8 Å². The van der Waals surface area contributed by atoms with Crippen LogP contribution in [0, 0.1) is 6.92 Å². The van der Waals surface area contributed by atoms with Gasteiger partial charge in [0.15, 0.2) is 0 Å². The third-order valence-corrected chi connectivity index (χ3v) is 5.17. The number of fused-ring (bicyclic) bond motifs is 1. The lowest BCUT2D eigenvalue weighted by molar-refractivity contribution is 0.0322. The molecule has 7 nitrogen and oxygen atoms in total. The number of aryl methyl sites for hydroxylation is 1. The molecule has 4 rings (SSSR count). The van der Waals surface area contributed by atoms with Gasteiger partial charge < -0.3 is 14.8 Å². The average Bonchev–Trinajstić information content (AvgIpc) is 3.18. The van der Waals surface area contributed by atoms with Gasteiger partial charge in [-0.1, -0.05) is 23.5 Å². The summed E-state index contributed by atoms with van der Waals surface area (Å²) in [5.74, 6) is 0.905. The lowest BCUT2D eigenvalue weighted by Crippen LogP contribution is -2.38. The molecule has 1 aliphatic heterocycles. The van der Waals surface area contributed by atoms with Crippen LogP contribution >= 0.6 is 11.3 Å². The van der Waals surface area contributed by atoms with Crippen molar-refractivity contribution in [2.45, 2.75) is 13.5 Å². The van der Waals surface area contributed by atoms with Crippen LogP contribution in [0.15, 0.2) is 30.5 Å². The lowest BCUT2D eigenvalue weighted by atomic mass is 10.2. The molecule has 0 bridgehead atoms. The Balaban J connectivity index is 1.28. The van der Waals surface area contributed by atoms with Crippen LogP contribution < -0.4 is 10.1 Å². The Morgan fingerprint density at radius 2 is 2.19 bits per heavy atom. The van der Waals surface area contributed by atoms with Gasteiger partial charge in [0.25, 0.3) is 0 Å². The van der Waals surface area contributed by atoms with Crippen molar-refractivity contribution >= 4 is 21.4 Å². The maximum absolute atomic E-state index is 5.91. The van der Waals surface area contributed by atoms with Crippen LogP contribution in [0.1, 0.15) is 11.3 Å². The van der Waals surface area contributed by atoms with E-state index in [0.29, 0.717) is 13.2 Å². The Hall–Kier alpha value is -2.16. The molecular weight excluding hydrogens is 350 g/mol. The molecule has 0 aliphatic carbocycles. The first-order valence-corrected chi connectivity index (χ1v) is 9.66. The van der Waals surface area contributed by atoms with E-state index in [1.165, 1.54) is 0 Å². The first kappa shape index (κ1) is 17.3. The Morgan fingerprint density at radius 1 is 1.31 bits per heavy atom. The van der Waals surface area contributed by atoms with E-state index in [2.05, 4.69) is 32.4 Å². The highest BCUT2D eigenvalue weighted by molar-refractivity contribution is 7.20. The number of nitrogens with zero attached hydrogens (tertiary/aromatic N) is 4. The normalized spacial score (nSPS) is 15.4. The van der Waals surface area contributed by atoms with Crippen molar-refractivity contribution in [3.05, 3.63) is 41.7 Å². The summed E-state index contributed by atoms with van der Waals surface area (Å²) in [6, 6.07) is 8.20. The van der Waals surface area contributed by atoms with E-state index in [-0.39, 0.29) is 0 Å². The number of aromatic nitrogens is 3. The zero-order chi connectivity index (χ0) is 17.8. The fourth-order valence-corrected chi connectivity index (χ4v) is 3.74. The number of anilines is 1. The van der Waals surface area contributed by atoms with E-state index in [9.17, 15) is 0 Å². The standard InChI is InChI=1S/C18H23N5O2S/c1-14-13-23-18(20-14)26-17(21-23)19-12-15-3-2-4-16(11-15)25-10-7-22-5-8-24-9-6-22/h2-4,11,13H,5-10,12H2,1H3,(H,19,21). The fourth-order valence-electron chi connectivity index (χ4n) is 2.92. The maximum atomic E-state index is 5.91. The van der Waals surface area contributed by atoms with Crippen LogP contribution in [-0.4, -0.2) is 59.0 Å². The number of hydrogen-bond acceptors (Lipinski definition) is 7. The van der Waals surface area contributed by atoms with Crippen molar-refractivity contribution in [3.63, 3.8) is 0 Å². The van der Waals surface area contributed by atoms with Crippen molar-refractivity contribution in [2.75, 3.05) is 44.8 Å². The maximum Gasteiger partial charge on any atom is 0.214 e. The summed E-state index contributed by atoms with van der Waals surface area (Å²) in [5.41, 5.74) is 2.15. The molecule has 0 spiro atoms. The van der Waals surface area contributed by atoms with E-state index < -0.39 is 0 Å². The van der Waals surface area contributed by atoms with Gasteiger partial charge in [-0.15, -0.1) is 5.10 Å². The van der Waals surface area contributed by atoms with Gasteiger partial charge in [0, 0.05) is 26.2 Å². The number of ether oxygens (including phenoxy) is 2. The van der Waals surface area contributed by atoms with Crippen LogP contribution in [-0.2, 0) is 11.3 Å². The molecule has 138 valence electrons. The van der Waals surface area contributed by atoms with Crippen molar-refractivity contribution in [1.82, 2.24) is 19.5 Å². The molecule has 0 radical (unpaired) electrons. The summed E-state index contributed by atoms with van der Waals surface area (Å²) in [7, 11) is 0. The smallest absolute Gasteiger partial charge is 0.214 e. The molecule has 26 heavy (non-hydrogen) atoms. The molecule has 1 saturated heterocycles.